The Bertz CT molecular complexity index is 780. The summed E-state index contributed by atoms with van der Waals surface area (Å²) in [6, 6.07) is 4.08. The van der Waals surface area contributed by atoms with Crippen LogP contribution in [0.1, 0.15) is 5.56 Å². The van der Waals surface area contributed by atoms with Gasteiger partial charge in [-0.15, -0.1) is 0 Å². The fourth-order valence-corrected chi connectivity index (χ4v) is 2.03. The van der Waals surface area contributed by atoms with E-state index in [4.69, 9.17) is 10.1 Å². The van der Waals surface area contributed by atoms with Crippen molar-refractivity contribution < 1.29 is 14.2 Å². The van der Waals surface area contributed by atoms with E-state index in [1.807, 2.05) is 6.92 Å². The lowest BCUT2D eigenvalue weighted by Crippen LogP contribution is -2.16. The number of nitrogens with zero attached hydrogens (tertiary/aromatic N) is 2. The Balaban J connectivity index is 2.22. The molecule has 0 bridgehead atoms. The SMILES string of the molecule is COCCN/C=C(\C=N)Nc1ncc(C)c(-c2ccc(O)c(F)c2)n1. The van der Waals surface area contributed by atoms with E-state index >= 15 is 0 Å². The molecule has 0 amide bonds. The molecule has 0 aliphatic carbocycles. The average molecular weight is 345 g/mol. The van der Waals surface area contributed by atoms with Crippen molar-refractivity contribution >= 4 is 12.2 Å². The molecule has 0 atom stereocenters. The maximum Gasteiger partial charge on any atom is 0.227 e. The summed E-state index contributed by atoms with van der Waals surface area (Å²) in [4.78, 5) is 8.55. The quantitative estimate of drug-likeness (QED) is 0.433. The minimum atomic E-state index is -0.715. The molecule has 1 aromatic heterocycles. The summed E-state index contributed by atoms with van der Waals surface area (Å²) in [6.07, 6.45) is 4.35. The van der Waals surface area contributed by atoms with E-state index in [0.29, 0.717) is 30.1 Å². The molecule has 1 heterocycles. The number of halogens is 1. The van der Waals surface area contributed by atoms with Gasteiger partial charge in [-0.05, 0) is 30.7 Å². The number of benzene rings is 1. The Labute approximate surface area is 145 Å². The number of aromatic hydroxyl groups is 1. The first kappa shape index (κ1) is 18.3. The summed E-state index contributed by atoms with van der Waals surface area (Å²) >= 11 is 0. The van der Waals surface area contributed by atoms with Crippen LogP contribution in [0.25, 0.3) is 11.3 Å². The lowest BCUT2D eigenvalue weighted by molar-refractivity contribution is 0.203. The highest BCUT2D eigenvalue weighted by Gasteiger charge is 2.10. The Hall–Kier alpha value is -3.00. The summed E-state index contributed by atoms with van der Waals surface area (Å²) in [7, 11) is 1.61. The van der Waals surface area contributed by atoms with Crippen molar-refractivity contribution in [2.24, 2.45) is 0 Å². The molecule has 132 valence electrons. The molecule has 0 fully saturated rings. The Morgan fingerprint density at radius 2 is 2.24 bits per heavy atom. The maximum atomic E-state index is 13.6. The van der Waals surface area contributed by atoms with Gasteiger partial charge in [-0.3, -0.25) is 0 Å². The lowest BCUT2D eigenvalue weighted by Gasteiger charge is -2.10. The van der Waals surface area contributed by atoms with E-state index < -0.39 is 11.6 Å². The van der Waals surface area contributed by atoms with Crippen molar-refractivity contribution in [3.63, 3.8) is 0 Å². The van der Waals surface area contributed by atoms with Gasteiger partial charge in [-0.1, -0.05) is 0 Å². The number of hydrogen-bond donors (Lipinski definition) is 4. The van der Waals surface area contributed by atoms with Crippen LogP contribution in [0.5, 0.6) is 5.75 Å². The van der Waals surface area contributed by atoms with Gasteiger partial charge in [0, 0.05) is 37.8 Å². The van der Waals surface area contributed by atoms with Crippen LogP contribution in [-0.2, 0) is 4.74 Å². The number of nitrogens with one attached hydrogen (secondary N) is 3. The van der Waals surface area contributed by atoms with Crippen LogP contribution in [-0.4, -0.2) is 41.6 Å². The van der Waals surface area contributed by atoms with E-state index in [0.717, 1.165) is 11.8 Å². The van der Waals surface area contributed by atoms with Crippen molar-refractivity contribution in [2.45, 2.75) is 6.92 Å². The molecule has 7 nitrogen and oxygen atoms in total. The molecule has 2 rings (SSSR count). The molecule has 25 heavy (non-hydrogen) atoms. The molecule has 4 N–H and O–H groups in total. The molecule has 0 aliphatic rings. The van der Waals surface area contributed by atoms with E-state index in [1.165, 1.54) is 12.1 Å². The van der Waals surface area contributed by atoms with Crippen molar-refractivity contribution in [2.75, 3.05) is 25.6 Å². The van der Waals surface area contributed by atoms with Crippen molar-refractivity contribution in [3.05, 3.63) is 47.7 Å². The highest BCUT2D eigenvalue weighted by Crippen LogP contribution is 2.26. The van der Waals surface area contributed by atoms with Gasteiger partial charge < -0.3 is 25.9 Å². The van der Waals surface area contributed by atoms with Crippen LogP contribution < -0.4 is 10.6 Å². The number of ether oxygens (including phenoxy) is 1. The summed E-state index contributed by atoms with van der Waals surface area (Å²) in [5, 5.41) is 22.7. The molecule has 2 aromatic rings. The van der Waals surface area contributed by atoms with Crippen molar-refractivity contribution in [3.8, 4) is 17.0 Å². The van der Waals surface area contributed by atoms with Gasteiger partial charge in [-0.2, -0.15) is 0 Å². The zero-order chi connectivity index (χ0) is 18.2. The fourth-order valence-electron chi connectivity index (χ4n) is 2.03. The first-order chi connectivity index (χ1) is 12.0. The second-order valence-corrected chi connectivity index (χ2v) is 5.21. The molecule has 0 saturated carbocycles. The summed E-state index contributed by atoms with van der Waals surface area (Å²) < 4.78 is 18.5. The zero-order valence-corrected chi connectivity index (χ0v) is 14.0. The number of phenolic OH excluding ortho intramolecular Hbond substituents is 1. The second kappa shape index (κ2) is 8.74. The number of allylic oxidation sites excluding steroid dienone is 1. The van der Waals surface area contributed by atoms with Gasteiger partial charge in [0.05, 0.1) is 18.0 Å². The van der Waals surface area contributed by atoms with Crippen LogP contribution >= 0.6 is 0 Å². The number of methoxy groups -OCH3 is 1. The van der Waals surface area contributed by atoms with E-state index in [-0.39, 0.29) is 5.95 Å². The number of rotatable bonds is 8. The molecule has 0 unspecified atom stereocenters. The van der Waals surface area contributed by atoms with Crippen LogP contribution in [0.15, 0.2) is 36.3 Å². The molecule has 0 spiro atoms. The van der Waals surface area contributed by atoms with Crippen LogP contribution in [0.4, 0.5) is 10.3 Å². The summed E-state index contributed by atoms with van der Waals surface area (Å²) in [5.74, 6) is -0.852. The van der Waals surface area contributed by atoms with Crippen LogP contribution in [0.2, 0.25) is 0 Å². The number of aromatic nitrogens is 2. The standard InChI is InChI=1S/C17H20FN5O2/c1-11-9-21-17(22-13(8-19)10-20-5-6-25-2)23-16(11)12-3-4-15(24)14(18)7-12/h3-4,7-10,19-20,24H,5-6H2,1-2H3,(H,21,22,23)/b13-10+,19-8?. The molecule has 1 aromatic carbocycles. The average Bonchev–Trinajstić information content (AvgIpc) is 2.61. The topological polar surface area (TPSA) is 103 Å². The Morgan fingerprint density at radius 3 is 2.92 bits per heavy atom. The maximum absolute atomic E-state index is 13.6. The molecular weight excluding hydrogens is 325 g/mol. The highest BCUT2D eigenvalue weighted by atomic mass is 19.1. The van der Waals surface area contributed by atoms with Gasteiger partial charge in [0.2, 0.25) is 5.95 Å². The third-order valence-corrected chi connectivity index (χ3v) is 3.31. The van der Waals surface area contributed by atoms with E-state index in [9.17, 15) is 9.50 Å². The van der Waals surface area contributed by atoms with E-state index in [2.05, 4.69) is 20.6 Å². The van der Waals surface area contributed by atoms with Gasteiger partial charge >= 0.3 is 0 Å². The molecular formula is C17H20FN5O2. The lowest BCUT2D eigenvalue weighted by atomic mass is 10.1. The Kier molecular flexibility index (Phi) is 6.41. The van der Waals surface area contributed by atoms with Crippen molar-refractivity contribution in [1.82, 2.24) is 15.3 Å². The number of hydrogen-bond acceptors (Lipinski definition) is 7. The normalized spacial score (nSPS) is 11.2. The summed E-state index contributed by atoms with van der Waals surface area (Å²) in [5.41, 5.74) is 2.28. The third-order valence-electron chi connectivity index (χ3n) is 3.31. The zero-order valence-electron chi connectivity index (χ0n) is 14.0. The first-order valence-corrected chi connectivity index (χ1v) is 7.57. The minimum Gasteiger partial charge on any atom is -0.505 e. The molecule has 0 saturated heterocycles. The van der Waals surface area contributed by atoms with E-state index in [1.54, 1.807) is 25.6 Å². The van der Waals surface area contributed by atoms with Gasteiger partial charge in [0.25, 0.3) is 0 Å². The molecule has 0 radical (unpaired) electrons. The fraction of sp³-hybridized carbons (Fsp3) is 0.235. The van der Waals surface area contributed by atoms with Crippen LogP contribution in [0, 0.1) is 18.2 Å². The van der Waals surface area contributed by atoms with Gasteiger partial charge in [0.1, 0.15) is 0 Å². The number of aryl methyl sites for hydroxylation is 1. The molecule has 0 aliphatic heterocycles. The first-order valence-electron chi connectivity index (χ1n) is 7.57. The largest absolute Gasteiger partial charge is 0.505 e. The van der Waals surface area contributed by atoms with Crippen LogP contribution in [0.3, 0.4) is 0 Å². The predicted octanol–water partition coefficient (Wildman–Crippen LogP) is 2.44. The third kappa shape index (κ3) is 4.98. The monoisotopic (exact) mass is 345 g/mol. The number of anilines is 1. The minimum absolute atomic E-state index is 0.275. The molecule has 8 heteroatoms. The highest BCUT2D eigenvalue weighted by molar-refractivity contribution is 5.79. The smallest absolute Gasteiger partial charge is 0.227 e. The second-order valence-electron chi connectivity index (χ2n) is 5.21. The van der Waals surface area contributed by atoms with Gasteiger partial charge in [-0.25, -0.2) is 14.4 Å². The predicted molar refractivity (Wildman–Crippen MR) is 94.2 cm³/mol. The van der Waals surface area contributed by atoms with Crippen molar-refractivity contribution in [1.29, 1.82) is 5.41 Å². The summed E-state index contributed by atoms with van der Waals surface area (Å²) in [6.45, 7) is 2.95. The van der Waals surface area contributed by atoms with Gasteiger partial charge in [0.15, 0.2) is 11.6 Å². The Morgan fingerprint density at radius 1 is 1.44 bits per heavy atom. The number of phenols is 1.